The zero-order chi connectivity index (χ0) is 27.2. The molecular weight excluding hydrogens is 497 g/mol. The third-order valence-electron chi connectivity index (χ3n) is 6.96. The van der Waals surface area contributed by atoms with E-state index >= 15 is 0 Å². The van der Waals surface area contributed by atoms with Gasteiger partial charge < -0.3 is 16.4 Å². The molecule has 2 unspecified atom stereocenters. The Labute approximate surface area is 227 Å². The van der Waals surface area contributed by atoms with Gasteiger partial charge in [0.15, 0.2) is 0 Å². The van der Waals surface area contributed by atoms with Crippen LogP contribution >= 0.6 is 11.3 Å². The molecule has 4 rings (SSSR count). The molecule has 1 aliphatic rings. The minimum Gasteiger partial charge on any atom is -0.398 e. The first-order valence-electron chi connectivity index (χ1n) is 13.2. The molecule has 38 heavy (non-hydrogen) atoms. The Kier molecular flexibility index (Phi) is 8.93. The molecule has 1 aliphatic heterocycles. The van der Waals surface area contributed by atoms with E-state index in [9.17, 15) is 14.4 Å². The quantitative estimate of drug-likeness (QED) is 0.265. The molecular formula is C30H34FN5OS. The van der Waals surface area contributed by atoms with E-state index in [2.05, 4.69) is 13.8 Å². The second-order valence-corrected chi connectivity index (χ2v) is 10.8. The number of nitrogens with zero attached hydrogens (tertiary/aromatic N) is 3. The van der Waals surface area contributed by atoms with Gasteiger partial charge in [0, 0.05) is 53.1 Å². The highest BCUT2D eigenvalue weighted by Gasteiger charge is 2.26. The summed E-state index contributed by atoms with van der Waals surface area (Å²) in [6.45, 7) is 5.46. The highest BCUT2D eigenvalue weighted by atomic mass is 32.1. The van der Waals surface area contributed by atoms with E-state index in [1.165, 1.54) is 23.5 Å². The molecule has 1 aromatic heterocycles. The third-order valence-corrected chi connectivity index (χ3v) is 8.13. The second-order valence-electron chi connectivity index (χ2n) is 9.79. The van der Waals surface area contributed by atoms with E-state index < -0.39 is 5.82 Å². The molecule has 1 fully saturated rings. The van der Waals surface area contributed by atoms with Gasteiger partial charge in [-0.2, -0.15) is 5.26 Å². The van der Waals surface area contributed by atoms with Gasteiger partial charge in [-0.1, -0.05) is 32.4 Å². The molecule has 6 nitrogen and oxygen atoms in total. The number of carbonyl (C=O) groups is 1. The van der Waals surface area contributed by atoms with Crippen molar-refractivity contribution in [1.29, 1.82) is 5.26 Å². The van der Waals surface area contributed by atoms with Crippen LogP contribution in [0.15, 0.2) is 47.5 Å². The Morgan fingerprint density at radius 1 is 1.26 bits per heavy atom. The number of nitriles is 1. The zero-order valence-electron chi connectivity index (χ0n) is 21.9. The number of carbonyl (C=O) groups excluding carboxylic acids is 1. The lowest BCUT2D eigenvalue weighted by Gasteiger charge is -2.30. The molecule has 4 N–H and O–H groups in total. The predicted octanol–water partition coefficient (Wildman–Crippen LogP) is 6.24. The molecule has 1 saturated heterocycles. The van der Waals surface area contributed by atoms with E-state index in [1.54, 1.807) is 11.0 Å². The van der Waals surface area contributed by atoms with Gasteiger partial charge >= 0.3 is 0 Å². The summed E-state index contributed by atoms with van der Waals surface area (Å²) < 4.78 is 14.6. The fourth-order valence-electron chi connectivity index (χ4n) is 4.78. The van der Waals surface area contributed by atoms with Crippen molar-refractivity contribution in [3.8, 4) is 27.6 Å². The van der Waals surface area contributed by atoms with Crippen molar-refractivity contribution in [2.75, 3.05) is 18.8 Å². The summed E-state index contributed by atoms with van der Waals surface area (Å²) in [6, 6.07) is 14.2. The molecule has 3 aromatic rings. The van der Waals surface area contributed by atoms with E-state index in [4.69, 9.17) is 16.5 Å². The van der Waals surface area contributed by atoms with Crippen LogP contribution in [0.25, 0.3) is 21.6 Å². The Morgan fingerprint density at radius 2 is 2.05 bits per heavy atom. The summed E-state index contributed by atoms with van der Waals surface area (Å²) in [5.74, 6) is -0.668. The molecule has 1 amide bonds. The molecule has 198 valence electrons. The van der Waals surface area contributed by atoms with Crippen LogP contribution in [0.2, 0.25) is 0 Å². The summed E-state index contributed by atoms with van der Waals surface area (Å²) >= 11 is 1.37. The van der Waals surface area contributed by atoms with Gasteiger partial charge in [0.05, 0.1) is 10.4 Å². The highest BCUT2D eigenvalue weighted by molar-refractivity contribution is 7.18. The number of anilines is 1. The predicted molar refractivity (Wildman–Crippen MR) is 154 cm³/mol. The van der Waals surface area contributed by atoms with Crippen molar-refractivity contribution in [2.45, 2.75) is 58.0 Å². The summed E-state index contributed by atoms with van der Waals surface area (Å²) in [6.07, 6.45) is 6.63. The lowest BCUT2D eigenvalue weighted by atomic mass is 9.99. The molecule has 8 heteroatoms. The number of halogens is 1. The van der Waals surface area contributed by atoms with Crippen LogP contribution < -0.4 is 11.5 Å². The van der Waals surface area contributed by atoms with Gasteiger partial charge in [-0.25, -0.2) is 4.39 Å². The number of likely N-dealkylation sites (tertiary alicyclic amines) is 1. The van der Waals surface area contributed by atoms with Crippen molar-refractivity contribution in [1.82, 2.24) is 4.90 Å². The maximum atomic E-state index is 14.6. The average Bonchev–Trinajstić information content (AvgIpc) is 3.37. The number of hydrogen-bond donors (Lipinski definition) is 2. The number of rotatable bonds is 8. The first-order chi connectivity index (χ1) is 18.3. The maximum Gasteiger partial charge on any atom is 0.264 e. The number of aliphatic imine (C=N–C) groups is 1. The fraction of sp³-hybridized carbons (Fsp3) is 0.367. The first kappa shape index (κ1) is 27.5. The van der Waals surface area contributed by atoms with Crippen molar-refractivity contribution >= 4 is 29.1 Å². The van der Waals surface area contributed by atoms with Crippen LogP contribution in [0, 0.1) is 17.1 Å². The van der Waals surface area contributed by atoms with Gasteiger partial charge in [0.25, 0.3) is 5.91 Å². The normalized spacial score (nSPS) is 16.5. The molecule has 2 aromatic carbocycles. The molecule has 0 radical (unpaired) electrons. The summed E-state index contributed by atoms with van der Waals surface area (Å²) in [7, 11) is 0. The van der Waals surface area contributed by atoms with Crippen LogP contribution in [-0.4, -0.2) is 42.2 Å². The molecule has 2 heterocycles. The largest absolute Gasteiger partial charge is 0.398 e. The summed E-state index contributed by atoms with van der Waals surface area (Å²) in [5, 5.41) is 9.18. The monoisotopic (exact) mass is 531 g/mol. The van der Waals surface area contributed by atoms with Gasteiger partial charge in [0.2, 0.25) is 0 Å². The number of nitrogen functional groups attached to an aromatic ring is 1. The van der Waals surface area contributed by atoms with Crippen molar-refractivity contribution < 1.29 is 9.18 Å². The van der Waals surface area contributed by atoms with Crippen LogP contribution in [0.4, 0.5) is 10.1 Å². The molecule has 0 bridgehead atoms. The topological polar surface area (TPSA) is 108 Å². The van der Waals surface area contributed by atoms with Crippen LogP contribution in [0.5, 0.6) is 0 Å². The number of hydrogen-bond acceptors (Lipinski definition) is 6. The zero-order valence-corrected chi connectivity index (χ0v) is 22.7. The summed E-state index contributed by atoms with van der Waals surface area (Å²) in [4.78, 5) is 21.4. The summed E-state index contributed by atoms with van der Waals surface area (Å²) in [5.41, 5.74) is 16.0. The van der Waals surface area contributed by atoms with E-state index in [1.807, 2.05) is 36.5 Å². The van der Waals surface area contributed by atoms with Crippen molar-refractivity contribution in [3.63, 3.8) is 0 Å². The van der Waals surface area contributed by atoms with Crippen LogP contribution in [0.3, 0.4) is 0 Å². The van der Waals surface area contributed by atoms with E-state index in [0.29, 0.717) is 29.2 Å². The Hall–Kier alpha value is -3.54. The smallest absolute Gasteiger partial charge is 0.264 e. The van der Waals surface area contributed by atoms with Gasteiger partial charge in [-0.15, -0.1) is 11.3 Å². The lowest BCUT2D eigenvalue weighted by Crippen LogP contribution is -2.45. The average molecular weight is 532 g/mol. The first-order valence-corrected chi connectivity index (χ1v) is 14.0. The van der Waals surface area contributed by atoms with Crippen LogP contribution in [-0.2, 0) is 0 Å². The van der Waals surface area contributed by atoms with Crippen molar-refractivity contribution in [3.05, 3.63) is 64.3 Å². The van der Waals surface area contributed by atoms with Crippen LogP contribution in [0.1, 0.15) is 66.8 Å². The Balaban J connectivity index is 1.79. The second kappa shape index (κ2) is 12.3. The minimum atomic E-state index is -0.594. The maximum absolute atomic E-state index is 14.6. The minimum absolute atomic E-state index is 0.0207. The van der Waals surface area contributed by atoms with Gasteiger partial charge in [-0.05, 0) is 67.1 Å². The standard InChI is InChI=1S/C30H34FN5OS/c1-3-6-24(4-2)35-17-22-13-20(10-11-27(22)34)29-25(19-8-9-21(16-32)26(31)14-19)15-28(38-29)30(37)36-12-5-7-23(33)18-36/h8-11,13-15,17,23-24H,3-7,12,18,33-34H2,1-2H3. The third kappa shape index (κ3) is 6.12. The van der Waals surface area contributed by atoms with Crippen molar-refractivity contribution in [2.24, 2.45) is 10.7 Å². The van der Waals surface area contributed by atoms with Gasteiger partial charge in [-0.3, -0.25) is 9.79 Å². The number of nitrogens with two attached hydrogens (primary N) is 2. The SMILES string of the molecule is CCCC(CC)N=Cc1cc(-c2sc(C(=O)N3CCCC(N)C3)cc2-c2ccc(C#N)c(F)c2)ccc1N. The molecule has 2 atom stereocenters. The number of thiophene rings is 1. The van der Waals surface area contributed by atoms with E-state index in [0.717, 1.165) is 53.7 Å². The molecule has 0 aliphatic carbocycles. The fourth-order valence-corrected chi connectivity index (χ4v) is 5.92. The Bertz CT molecular complexity index is 1380. The number of benzene rings is 2. The highest BCUT2D eigenvalue weighted by Crippen LogP contribution is 2.41. The molecule has 0 saturated carbocycles. The number of amides is 1. The van der Waals surface area contributed by atoms with E-state index in [-0.39, 0.29) is 23.6 Å². The lowest BCUT2D eigenvalue weighted by molar-refractivity contribution is 0.0714. The Morgan fingerprint density at radius 3 is 2.74 bits per heavy atom. The van der Waals surface area contributed by atoms with Gasteiger partial charge in [0.1, 0.15) is 11.9 Å². The molecule has 0 spiro atoms. The number of piperidine rings is 1.